The van der Waals surface area contributed by atoms with E-state index in [1.54, 1.807) is 29.8 Å². The van der Waals surface area contributed by atoms with Crippen LogP contribution < -0.4 is 15.4 Å². The van der Waals surface area contributed by atoms with E-state index in [1.807, 2.05) is 42.6 Å². The van der Waals surface area contributed by atoms with Gasteiger partial charge in [-0.3, -0.25) is 10.2 Å². The van der Waals surface area contributed by atoms with Gasteiger partial charge in [0.1, 0.15) is 23.8 Å². The molecule has 0 bridgehead atoms. The number of hydrogen-bond donors (Lipinski definition) is 2. The largest absolute Gasteiger partial charge is 0.492 e. The van der Waals surface area contributed by atoms with E-state index in [2.05, 4.69) is 31.0 Å². The number of benzene rings is 2. The van der Waals surface area contributed by atoms with Gasteiger partial charge in [0.05, 0.1) is 25.1 Å². The highest BCUT2D eigenvalue weighted by molar-refractivity contribution is 5.99. The van der Waals surface area contributed by atoms with Gasteiger partial charge in [-0.1, -0.05) is 22.5 Å². The molecule has 11 heteroatoms. The predicted molar refractivity (Wildman–Crippen MR) is 133 cm³/mol. The zero-order valence-corrected chi connectivity index (χ0v) is 19.9. The molecule has 5 rings (SSSR count). The Balaban J connectivity index is 1.14. The van der Waals surface area contributed by atoms with Crippen LogP contribution in [0.2, 0.25) is 0 Å². The van der Waals surface area contributed by atoms with Crippen LogP contribution in [-0.4, -0.2) is 70.5 Å². The number of carbonyl (C=O) groups excluding carboxylic acids is 1. The second-order valence-corrected chi connectivity index (χ2v) is 8.32. The molecule has 1 saturated heterocycles. The average Bonchev–Trinajstić information content (AvgIpc) is 3.55. The van der Waals surface area contributed by atoms with Crippen molar-refractivity contribution in [1.29, 1.82) is 0 Å². The molecule has 0 spiro atoms. The molecule has 186 valence electrons. The van der Waals surface area contributed by atoms with Gasteiger partial charge in [0.2, 0.25) is 0 Å². The predicted octanol–water partition coefficient (Wildman–Crippen LogP) is 3.59. The summed E-state index contributed by atoms with van der Waals surface area (Å²) in [6, 6.07) is 16.3. The first kappa shape index (κ1) is 23.5. The number of rotatable bonds is 8. The Labute approximate surface area is 208 Å². The third-order valence-electron chi connectivity index (χ3n) is 5.68. The molecule has 1 aliphatic heterocycles. The Morgan fingerprint density at radius 3 is 2.56 bits per heavy atom. The summed E-state index contributed by atoms with van der Waals surface area (Å²) in [5, 5.41) is 17.6. The van der Waals surface area contributed by atoms with Crippen LogP contribution in [0, 0.1) is 6.92 Å². The summed E-state index contributed by atoms with van der Waals surface area (Å²) in [7, 11) is 0. The Bertz CT molecular complexity index is 1280. The Hall–Kier alpha value is -4.22. The third-order valence-corrected chi connectivity index (χ3v) is 5.68. The van der Waals surface area contributed by atoms with Gasteiger partial charge in [-0.2, -0.15) is 0 Å². The van der Waals surface area contributed by atoms with Crippen LogP contribution in [0.15, 0.2) is 65.3 Å². The number of aryl methyl sites for hydroxylation is 1. The molecule has 2 aromatic carbocycles. The van der Waals surface area contributed by atoms with Crippen molar-refractivity contribution in [2.24, 2.45) is 0 Å². The summed E-state index contributed by atoms with van der Waals surface area (Å²) >= 11 is 0. The topological polar surface area (TPSA) is 120 Å². The first-order valence-corrected chi connectivity index (χ1v) is 11.7. The first-order chi connectivity index (χ1) is 17.6. The fraction of sp³-hybridized carbons (Fsp3) is 0.280. The van der Waals surface area contributed by atoms with E-state index < -0.39 is 6.03 Å². The molecule has 0 aliphatic carbocycles. The number of aromatic nitrogens is 4. The normalized spacial score (nSPS) is 13.9. The molecule has 2 amide bonds. The van der Waals surface area contributed by atoms with Crippen molar-refractivity contribution in [3.05, 3.63) is 66.6 Å². The van der Waals surface area contributed by atoms with Crippen molar-refractivity contribution in [2.45, 2.75) is 6.92 Å². The van der Waals surface area contributed by atoms with E-state index >= 15 is 0 Å². The number of carbonyl (C=O) groups is 1. The molecule has 1 aliphatic rings. The van der Waals surface area contributed by atoms with Gasteiger partial charge in [0.25, 0.3) is 0 Å². The number of hydrogen-bond acceptors (Lipinski definition) is 8. The molecule has 0 atom stereocenters. The summed E-state index contributed by atoms with van der Waals surface area (Å²) in [4.78, 5) is 14.5. The molecule has 0 radical (unpaired) electrons. The number of anilines is 2. The zero-order chi connectivity index (χ0) is 24.7. The van der Waals surface area contributed by atoms with Crippen molar-refractivity contribution in [3.8, 4) is 22.7 Å². The summed E-state index contributed by atoms with van der Waals surface area (Å²) in [5.41, 5.74) is 3.11. The minimum Gasteiger partial charge on any atom is -0.492 e. The highest BCUT2D eigenvalue weighted by Crippen LogP contribution is 2.21. The lowest BCUT2D eigenvalue weighted by Crippen LogP contribution is -2.38. The molecule has 2 N–H and O–H groups in total. The quantitative estimate of drug-likeness (QED) is 0.385. The van der Waals surface area contributed by atoms with Crippen molar-refractivity contribution >= 4 is 17.5 Å². The maximum atomic E-state index is 12.1. The lowest BCUT2D eigenvalue weighted by Gasteiger charge is -2.26. The van der Waals surface area contributed by atoms with E-state index in [-0.39, 0.29) is 0 Å². The number of amides is 2. The SMILES string of the molecule is Cc1cc(NC(=O)Nc2ccc(-c3cn(-c4ccc(OCCN5CCOCC5)cc4)nn3)cc2)no1. The lowest BCUT2D eigenvalue weighted by molar-refractivity contribution is 0.0322. The highest BCUT2D eigenvalue weighted by atomic mass is 16.5. The second-order valence-electron chi connectivity index (χ2n) is 8.32. The molecule has 1 fully saturated rings. The van der Waals surface area contributed by atoms with Gasteiger partial charge in [-0.15, -0.1) is 5.10 Å². The summed E-state index contributed by atoms with van der Waals surface area (Å²) in [6.07, 6.45) is 1.86. The minimum absolute atomic E-state index is 0.353. The molecule has 11 nitrogen and oxygen atoms in total. The smallest absolute Gasteiger partial charge is 0.324 e. The summed E-state index contributed by atoms with van der Waals surface area (Å²) in [5.74, 6) is 1.79. The van der Waals surface area contributed by atoms with Crippen molar-refractivity contribution in [2.75, 3.05) is 50.1 Å². The molecule has 2 aromatic heterocycles. The van der Waals surface area contributed by atoms with Gasteiger partial charge < -0.3 is 19.3 Å². The zero-order valence-electron chi connectivity index (χ0n) is 19.9. The third kappa shape index (κ3) is 6.06. The van der Waals surface area contributed by atoms with Crippen molar-refractivity contribution < 1.29 is 18.8 Å². The number of urea groups is 1. The van der Waals surface area contributed by atoms with E-state index in [9.17, 15) is 4.79 Å². The highest BCUT2D eigenvalue weighted by Gasteiger charge is 2.11. The number of ether oxygens (including phenoxy) is 2. The van der Waals surface area contributed by atoms with Crippen molar-refractivity contribution in [1.82, 2.24) is 25.1 Å². The summed E-state index contributed by atoms with van der Waals surface area (Å²) in [6.45, 7) is 6.76. The Morgan fingerprint density at radius 2 is 1.83 bits per heavy atom. The van der Waals surface area contributed by atoms with Gasteiger partial charge in [-0.05, 0) is 43.3 Å². The van der Waals surface area contributed by atoms with Gasteiger partial charge >= 0.3 is 6.03 Å². The molecule has 4 aromatic rings. The van der Waals surface area contributed by atoms with E-state index in [4.69, 9.17) is 14.0 Å². The molecule has 0 unspecified atom stereocenters. The lowest BCUT2D eigenvalue weighted by atomic mass is 10.1. The number of nitrogens with zero attached hydrogens (tertiary/aromatic N) is 5. The Morgan fingerprint density at radius 1 is 1.06 bits per heavy atom. The van der Waals surface area contributed by atoms with Crippen LogP contribution in [0.5, 0.6) is 5.75 Å². The van der Waals surface area contributed by atoms with Crippen LogP contribution in [0.25, 0.3) is 16.9 Å². The van der Waals surface area contributed by atoms with E-state index in [0.29, 0.717) is 23.9 Å². The number of morpholine rings is 1. The molecule has 3 heterocycles. The molecular weight excluding hydrogens is 462 g/mol. The second kappa shape index (κ2) is 11.0. The van der Waals surface area contributed by atoms with E-state index in [1.165, 1.54) is 0 Å². The fourth-order valence-corrected chi connectivity index (χ4v) is 3.76. The molecule has 36 heavy (non-hydrogen) atoms. The minimum atomic E-state index is -0.407. The number of nitrogens with one attached hydrogen (secondary N) is 2. The van der Waals surface area contributed by atoms with Crippen LogP contribution >= 0.6 is 0 Å². The molecule has 0 saturated carbocycles. The average molecular weight is 490 g/mol. The van der Waals surface area contributed by atoms with Gasteiger partial charge in [-0.25, -0.2) is 9.48 Å². The molecular formula is C25H27N7O4. The van der Waals surface area contributed by atoms with Crippen LogP contribution in [0.4, 0.5) is 16.3 Å². The summed E-state index contributed by atoms with van der Waals surface area (Å²) < 4.78 is 17.9. The Kier molecular flexibility index (Phi) is 7.20. The fourth-order valence-electron chi connectivity index (χ4n) is 3.76. The van der Waals surface area contributed by atoms with Crippen LogP contribution in [-0.2, 0) is 4.74 Å². The van der Waals surface area contributed by atoms with Crippen LogP contribution in [0.3, 0.4) is 0 Å². The van der Waals surface area contributed by atoms with E-state index in [0.717, 1.165) is 55.5 Å². The maximum absolute atomic E-state index is 12.1. The van der Waals surface area contributed by atoms with Crippen molar-refractivity contribution in [3.63, 3.8) is 0 Å². The maximum Gasteiger partial charge on any atom is 0.324 e. The standard InChI is InChI=1S/C25H27N7O4/c1-18-16-24(29-36-18)27-25(33)26-20-4-2-19(3-5-20)23-17-32(30-28-23)21-6-8-22(9-7-21)35-15-12-31-10-13-34-14-11-31/h2-9,16-17H,10-15H2,1H3,(H2,26,27,29,33). The van der Waals surface area contributed by atoms with Crippen LogP contribution in [0.1, 0.15) is 5.76 Å². The van der Waals surface area contributed by atoms with Gasteiger partial charge in [0.15, 0.2) is 5.82 Å². The monoisotopic (exact) mass is 489 g/mol. The first-order valence-electron chi connectivity index (χ1n) is 11.7. The van der Waals surface area contributed by atoms with Gasteiger partial charge in [0, 0.05) is 37.0 Å².